The Kier molecular flexibility index (Phi) is 4.71. The van der Waals surface area contributed by atoms with Crippen LogP contribution in [-0.4, -0.2) is 24.4 Å². The first-order valence-corrected chi connectivity index (χ1v) is 7.48. The van der Waals surface area contributed by atoms with Crippen LogP contribution in [0.2, 0.25) is 0 Å². The van der Waals surface area contributed by atoms with Crippen LogP contribution in [0.25, 0.3) is 0 Å². The van der Waals surface area contributed by atoms with Crippen molar-refractivity contribution in [2.45, 2.75) is 6.42 Å². The number of benzene rings is 1. The molecule has 0 fully saturated rings. The molecule has 1 aromatic carbocycles. The highest BCUT2D eigenvalue weighted by Gasteiger charge is 2.15. The first kappa shape index (κ1) is 14.2. The third-order valence-electron chi connectivity index (χ3n) is 2.78. The fourth-order valence-corrected chi connectivity index (χ4v) is 2.82. The molecule has 1 amide bonds. The Bertz CT molecular complexity index is 571. The monoisotopic (exact) mass is 341 g/mol. The zero-order chi connectivity index (χ0) is 13.8. The standard InChI is InChI=1S/C14H13BrFNOS/c1-17(7-6-11-3-2-8-19-11)14(18)12-9-10(16)4-5-13(12)15/h2-5,8-9H,6-7H2,1H3. The van der Waals surface area contributed by atoms with Gasteiger partial charge in [0.25, 0.3) is 5.91 Å². The fourth-order valence-electron chi connectivity index (χ4n) is 1.70. The predicted molar refractivity (Wildman–Crippen MR) is 79.1 cm³/mol. The molecule has 5 heteroatoms. The zero-order valence-corrected chi connectivity index (χ0v) is 12.8. The van der Waals surface area contributed by atoms with Gasteiger partial charge < -0.3 is 4.90 Å². The van der Waals surface area contributed by atoms with Gasteiger partial charge in [-0.25, -0.2) is 4.39 Å². The molecule has 0 unspecified atom stereocenters. The second kappa shape index (κ2) is 6.30. The number of nitrogens with zero attached hydrogens (tertiary/aromatic N) is 1. The van der Waals surface area contributed by atoms with E-state index in [1.54, 1.807) is 29.4 Å². The molecule has 0 N–H and O–H groups in total. The van der Waals surface area contributed by atoms with E-state index >= 15 is 0 Å². The number of amides is 1. The van der Waals surface area contributed by atoms with Crippen molar-refractivity contribution in [2.75, 3.05) is 13.6 Å². The Labute approximate surface area is 124 Å². The van der Waals surface area contributed by atoms with Crippen molar-refractivity contribution in [3.05, 3.63) is 56.4 Å². The Morgan fingerprint density at radius 1 is 1.42 bits per heavy atom. The topological polar surface area (TPSA) is 20.3 Å². The molecular formula is C14H13BrFNOS. The molecular weight excluding hydrogens is 329 g/mol. The average molecular weight is 342 g/mol. The zero-order valence-electron chi connectivity index (χ0n) is 10.4. The molecule has 100 valence electrons. The summed E-state index contributed by atoms with van der Waals surface area (Å²) in [5.74, 6) is -0.582. The normalized spacial score (nSPS) is 10.5. The van der Waals surface area contributed by atoms with Crippen LogP contribution in [0, 0.1) is 5.82 Å². The van der Waals surface area contributed by atoms with Crippen molar-refractivity contribution in [3.63, 3.8) is 0 Å². The Morgan fingerprint density at radius 3 is 2.89 bits per heavy atom. The van der Waals surface area contributed by atoms with Crippen LogP contribution in [-0.2, 0) is 6.42 Å². The van der Waals surface area contributed by atoms with Crippen LogP contribution in [0.15, 0.2) is 40.2 Å². The van der Waals surface area contributed by atoms with E-state index in [9.17, 15) is 9.18 Å². The lowest BCUT2D eigenvalue weighted by atomic mass is 10.2. The third kappa shape index (κ3) is 3.64. The largest absolute Gasteiger partial charge is 0.341 e. The van der Waals surface area contributed by atoms with Crippen LogP contribution in [0.4, 0.5) is 4.39 Å². The van der Waals surface area contributed by atoms with Gasteiger partial charge >= 0.3 is 0 Å². The molecule has 2 rings (SSSR count). The van der Waals surface area contributed by atoms with Gasteiger partial charge in [-0.05, 0) is 52.0 Å². The summed E-state index contributed by atoms with van der Waals surface area (Å²) in [5, 5.41) is 2.01. The molecule has 0 aliphatic rings. The quantitative estimate of drug-likeness (QED) is 0.824. The Balaban J connectivity index is 2.04. The van der Waals surface area contributed by atoms with Gasteiger partial charge in [-0.3, -0.25) is 4.79 Å². The highest BCUT2D eigenvalue weighted by Crippen LogP contribution is 2.19. The minimum Gasteiger partial charge on any atom is -0.341 e. The summed E-state index contributed by atoms with van der Waals surface area (Å²) in [7, 11) is 1.73. The van der Waals surface area contributed by atoms with Crippen molar-refractivity contribution < 1.29 is 9.18 Å². The molecule has 1 aromatic heterocycles. The maximum absolute atomic E-state index is 13.2. The lowest BCUT2D eigenvalue weighted by molar-refractivity contribution is 0.0795. The molecule has 1 heterocycles. The van der Waals surface area contributed by atoms with E-state index in [0.29, 0.717) is 16.6 Å². The second-order valence-electron chi connectivity index (χ2n) is 4.18. The number of likely N-dealkylation sites (N-methyl/N-ethyl adjacent to an activating group) is 1. The molecule has 2 nitrogen and oxygen atoms in total. The van der Waals surface area contributed by atoms with Gasteiger partial charge in [-0.2, -0.15) is 0 Å². The molecule has 0 bridgehead atoms. The minimum atomic E-state index is -0.404. The van der Waals surface area contributed by atoms with Crippen molar-refractivity contribution >= 4 is 33.2 Å². The van der Waals surface area contributed by atoms with Crippen molar-refractivity contribution in [2.24, 2.45) is 0 Å². The fraction of sp³-hybridized carbons (Fsp3) is 0.214. The second-order valence-corrected chi connectivity index (χ2v) is 6.07. The Morgan fingerprint density at radius 2 is 2.21 bits per heavy atom. The number of thiophene rings is 1. The number of carbonyl (C=O) groups excluding carboxylic acids is 1. The number of hydrogen-bond acceptors (Lipinski definition) is 2. The van der Waals surface area contributed by atoms with Gasteiger partial charge in [0.2, 0.25) is 0 Å². The van der Waals surface area contributed by atoms with Gasteiger partial charge in [0, 0.05) is 22.9 Å². The van der Waals surface area contributed by atoms with Gasteiger partial charge in [-0.15, -0.1) is 11.3 Å². The van der Waals surface area contributed by atoms with Gasteiger partial charge in [0.15, 0.2) is 0 Å². The lowest BCUT2D eigenvalue weighted by Crippen LogP contribution is -2.29. The average Bonchev–Trinajstić information content (AvgIpc) is 2.91. The molecule has 0 saturated carbocycles. The number of rotatable bonds is 4. The maximum Gasteiger partial charge on any atom is 0.254 e. The molecule has 0 saturated heterocycles. The summed E-state index contributed by atoms with van der Waals surface area (Å²) in [4.78, 5) is 15.1. The summed E-state index contributed by atoms with van der Waals surface area (Å²) in [6.45, 7) is 0.613. The van der Waals surface area contributed by atoms with Crippen molar-refractivity contribution in [1.29, 1.82) is 0 Å². The predicted octanol–water partition coefficient (Wildman–Crippen LogP) is 3.96. The SMILES string of the molecule is CN(CCc1cccs1)C(=O)c1cc(F)ccc1Br. The summed E-state index contributed by atoms with van der Waals surface area (Å²) < 4.78 is 13.8. The highest BCUT2D eigenvalue weighted by atomic mass is 79.9. The van der Waals surface area contributed by atoms with E-state index in [0.717, 1.165) is 6.42 Å². The van der Waals surface area contributed by atoms with Crippen LogP contribution in [0.1, 0.15) is 15.2 Å². The smallest absolute Gasteiger partial charge is 0.254 e. The minimum absolute atomic E-state index is 0.178. The van der Waals surface area contributed by atoms with Gasteiger partial charge in [-0.1, -0.05) is 6.07 Å². The highest BCUT2D eigenvalue weighted by molar-refractivity contribution is 9.10. The summed E-state index contributed by atoms with van der Waals surface area (Å²) in [6, 6.07) is 8.17. The molecule has 0 spiro atoms. The van der Waals surface area contributed by atoms with Crippen LogP contribution in [0.5, 0.6) is 0 Å². The molecule has 0 aliphatic carbocycles. The molecule has 0 atom stereocenters. The van der Waals surface area contributed by atoms with Crippen LogP contribution >= 0.6 is 27.3 Å². The van der Waals surface area contributed by atoms with Crippen molar-refractivity contribution in [3.8, 4) is 0 Å². The number of carbonyl (C=O) groups is 1. The van der Waals surface area contributed by atoms with E-state index in [1.807, 2.05) is 17.5 Å². The molecule has 2 aromatic rings. The summed E-state index contributed by atoms with van der Waals surface area (Å²) in [6.07, 6.45) is 0.812. The first-order valence-electron chi connectivity index (χ1n) is 5.81. The van der Waals surface area contributed by atoms with Crippen molar-refractivity contribution in [1.82, 2.24) is 4.90 Å². The number of hydrogen-bond donors (Lipinski definition) is 0. The van der Waals surface area contributed by atoms with E-state index in [2.05, 4.69) is 15.9 Å². The van der Waals surface area contributed by atoms with Gasteiger partial charge in [0.1, 0.15) is 5.82 Å². The molecule has 19 heavy (non-hydrogen) atoms. The molecule has 0 aliphatic heterocycles. The van der Waals surface area contributed by atoms with E-state index in [-0.39, 0.29) is 5.91 Å². The van der Waals surface area contributed by atoms with Gasteiger partial charge in [0.05, 0.1) is 5.56 Å². The van der Waals surface area contributed by atoms with Crippen LogP contribution in [0.3, 0.4) is 0 Å². The summed E-state index contributed by atoms with van der Waals surface area (Å²) in [5.41, 5.74) is 0.355. The van der Waals surface area contributed by atoms with E-state index in [1.165, 1.54) is 17.0 Å². The maximum atomic E-state index is 13.2. The summed E-state index contributed by atoms with van der Waals surface area (Å²) >= 11 is 4.95. The third-order valence-corrected chi connectivity index (χ3v) is 4.41. The molecule has 0 radical (unpaired) electrons. The lowest BCUT2D eigenvalue weighted by Gasteiger charge is -2.17. The van der Waals surface area contributed by atoms with Crippen LogP contribution < -0.4 is 0 Å². The van der Waals surface area contributed by atoms with E-state index in [4.69, 9.17) is 0 Å². The number of halogens is 2. The Hall–Kier alpha value is -1.20. The van der Waals surface area contributed by atoms with E-state index < -0.39 is 5.82 Å². The first-order chi connectivity index (χ1) is 9.08.